The minimum Gasteiger partial charge on any atom is -0.343 e. The summed E-state index contributed by atoms with van der Waals surface area (Å²) in [6.45, 7) is 7.73. The van der Waals surface area contributed by atoms with Gasteiger partial charge in [-0.05, 0) is 44.8 Å². The van der Waals surface area contributed by atoms with Crippen LogP contribution in [0.2, 0.25) is 0 Å². The van der Waals surface area contributed by atoms with Crippen LogP contribution in [0.1, 0.15) is 32.6 Å². The van der Waals surface area contributed by atoms with Crippen LogP contribution in [-0.2, 0) is 4.79 Å². The van der Waals surface area contributed by atoms with Crippen molar-refractivity contribution in [2.75, 3.05) is 39.8 Å². The minimum atomic E-state index is 0.346. The van der Waals surface area contributed by atoms with Crippen molar-refractivity contribution in [3.8, 4) is 0 Å². The van der Waals surface area contributed by atoms with Crippen molar-refractivity contribution in [1.82, 2.24) is 15.1 Å². The Bertz CT molecular complexity index is 268. The largest absolute Gasteiger partial charge is 0.343 e. The molecule has 2 saturated heterocycles. The molecule has 1 N–H and O–H groups in total. The maximum atomic E-state index is 12.2. The van der Waals surface area contributed by atoms with Crippen LogP contribution in [0.4, 0.5) is 0 Å². The van der Waals surface area contributed by atoms with Gasteiger partial charge in [0.2, 0.25) is 5.91 Å². The molecule has 0 saturated carbocycles. The summed E-state index contributed by atoms with van der Waals surface area (Å²) in [6, 6.07) is 0.467. The number of carbonyl (C=O) groups excluding carboxylic acids is 1. The van der Waals surface area contributed by atoms with Crippen molar-refractivity contribution in [3.05, 3.63) is 0 Å². The van der Waals surface area contributed by atoms with Gasteiger partial charge in [0.25, 0.3) is 0 Å². The number of amides is 1. The number of likely N-dealkylation sites (tertiary alicyclic amines) is 1. The molecule has 0 bridgehead atoms. The number of rotatable bonds is 4. The molecule has 2 aliphatic heterocycles. The molecular weight excluding hydrogens is 226 g/mol. The first-order valence-corrected chi connectivity index (χ1v) is 7.39. The second kappa shape index (κ2) is 6.53. The Labute approximate surface area is 111 Å². The van der Waals surface area contributed by atoms with E-state index in [1.54, 1.807) is 0 Å². The summed E-state index contributed by atoms with van der Waals surface area (Å²) >= 11 is 0. The Morgan fingerprint density at radius 3 is 2.61 bits per heavy atom. The fourth-order valence-electron chi connectivity index (χ4n) is 3.11. The predicted octanol–water partition coefficient (Wildman–Crippen LogP) is 0.929. The van der Waals surface area contributed by atoms with E-state index in [1.807, 2.05) is 11.9 Å². The molecule has 0 aromatic carbocycles. The van der Waals surface area contributed by atoms with E-state index in [-0.39, 0.29) is 0 Å². The van der Waals surface area contributed by atoms with Gasteiger partial charge in [-0.15, -0.1) is 0 Å². The van der Waals surface area contributed by atoms with Gasteiger partial charge >= 0.3 is 0 Å². The molecule has 1 unspecified atom stereocenters. The standard InChI is InChI=1S/C14H27N3O/c1-3-17-8-5-13(6-9-17)16(2)14(18)10-12-4-7-15-11-12/h12-13,15H,3-11H2,1-2H3. The zero-order valence-electron chi connectivity index (χ0n) is 11.8. The molecular formula is C14H27N3O. The fourth-order valence-corrected chi connectivity index (χ4v) is 3.11. The van der Waals surface area contributed by atoms with Gasteiger partial charge in [-0.3, -0.25) is 4.79 Å². The topological polar surface area (TPSA) is 35.6 Å². The Morgan fingerprint density at radius 2 is 2.06 bits per heavy atom. The third-order valence-corrected chi connectivity index (χ3v) is 4.57. The quantitative estimate of drug-likeness (QED) is 0.809. The van der Waals surface area contributed by atoms with E-state index in [0.717, 1.165) is 58.4 Å². The van der Waals surface area contributed by atoms with E-state index >= 15 is 0 Å². The van der Waals surface area contributed by atoms with Crippen molar-refractivity contribution in [2.24, 2.45) is 5.92 Å². The summed E-state index contributed by atoms with van der Waals surface area (Å²) in [5.41, 5.74) is 0. The number of carbonyl (C=O) groups is 1. The van der Waals surface area contributed by atoms with Crippen molar-refractivity contribution >= 4 is 5.91 Å². The monoisotopic (exact) mass is 253 g/mol. The first kappa shape index (κ1) is 13.8. The Balaban J connectivity index is 1.76. The smallest absolute Gasteiger partial charge is 0.222 e. The zero-order chi connectivity index (χ0) is 13.0. The maximum absolute atomic E-state index is 12.2. The number of hydrogen-bond donors (Lipinski definition) is 1. The number of hydrogen-bond acceptors (Lipinski definition) is 3. The van der Waals surface area contributed by atoms with E-state index in [9.17, 15) is 4.79 Å². The highest BCUT2D eigenvalue weighted by Gasteiger charge is 2.26. The van der Waals surface area contributed by atoms with Crippen LogP contribution in [0.25, 0.3) is 0 Å². The molecule has 18 heavy (non-hydrogen) atoms. The van der Waals surface area contributed by atoms with Gasteiger partial charge in [0.1, 0.15) is 0 Å². The zero-order valence-corrected chi connectivity index (χ0v) is 11.8. The molecule has 1 atom stereocenters. The van der Waals surface area contributed by atoms with E-state index in [4.69, 9.17) is 0 Å². The molecule has 0 spiro atoms. The number of nitrogens with zero attached hydrogens (tertiary/aromatic N) is 2. The van der Waals surface area contributed by atoms with Crippen LogP contribution in [0.15, 0.2) is 0 Å². The molecule has 0 aromatic rings. The summed E-state index contributed by atoms with van der Waals surface area (Å²) in [7, 11) is 2.00. The average molecular weight is 253 g/mol. The van der Waals surface area contributed by atoms with Crippen molar-refractivity contribution in [2.45, 2.75) is 38.6 Å². The van der Waals surface area contributed by atoms with Crippen molar-refractivity contribution in [1.29, 1.82) is 0 Å². The summed E-state index contributed by atoms with van der Waals surface area (Å²) in [6.07, 6.45) is 4.17. The highest BCUT2D eigenvalue weighted by molar-refractivity contribution is 5.76. The molecule has 2 aliphatic rings. The van der Waals surface area contributed by atoms with Crippen molar-refractivity contribution < 1.29 is 4.79 Å². The molecule has 4 heteroatoms. The molecule has 2 heterocycles. The molecule has 1 amide bonds. The number of piperidine rings is 1. The predicted molar refractivity (Wildman–Crippen MR) is 73.5 cm³/mol. The fraction of sp³-hybridized carbons (Fsp3) is 0.929. The molecule has 2 rings (SSSR count). The molecule has 0 aliphatic carbocycles. The van der Waals surface area contributed by atoms with E-state index in [2.05, 4.69) is 17.1 Å². The molecule has 104 valence electrons. The van der Waals surface area contributed by atoms with Gasteiger partial charge in [0.15, 0.2) is 0 Å². The lowest BCUT2D eigenvalue weighted by molar-refractivity contribution is -0.133. The Morgan fingerprint density at radius 1 is 1.33 bits per heavy atom. The van der Waals surface area contributed by atoms with E-state index < -0.39 is 0 Å². The molecule has 0 aromatic heterocycles. The van der Waals surface area contributed by atoms with Gasteiger partial charge in [0, 0.05) is 32.6 Å². The summed E-state index contributed by atoms with van der Waals surface area (Å²) in [5.74, 6) is 0.911. The van der Waals surface area contributed by atoms with Crippen LogP contribution in [0.5, 0.6) is 0 Å². The lowest BCUT2D eigenvalue weighted by Gasteiger charge is -2.36. The van der Waals surface area contributed by atoms with Crippen LogP contribution in [0.3, 0.4) is 0 Å². The number of nitrogens with one attached hydrogen (secondary N) is 1. The Hall–Kier alpha value is -0.610. The summed E-state index contributed by atoms with van der Waals surface area (Å²) < 4.78 is 0. The van der Waals surface area contributed by atoms with Gasteiger partial charge in [-0.25, -0.2) is 0 Å². The van der Waals surface area contributed by atoms with Crippen LogP contribution in [0, 0.1) is 5.92 Å². The van der Waals surface area contributed by atoms with Gasteiger partial charge < -0.3 is 15.1 Å². The Kier molecular flexibility index (Phi) is 5.01. The first-order valence-electron chi connectivity index (χ1n) is 7.39. The van der Waals surface area contributed by atoms with Gasteiger partial charge in [0.05, 0.1) is 0 Å². The summed E-state index contributed by atoms with van der Waals surface area (Å²) in [4.78, 5) is 16.7. The average Bonchev–Trinajstić information content (AvgIpc) is 2.91. The normalized spacial score (nSPS) is 26.4. The molecule has 2 fully saturated rings. The highest BCUT2D eigenvalue weighted by atomic mass is 16.2. The SMILES string of the molecule is CCN1CCC(N(C)C(=O)CC2CCNC2)CC1. The lowest BCUT2D eigenvalue weighted by atomic mass is 10.0. The van der Waals surface area contributed by atoms with Gasteiger partial charge in [-0.2, -0.15) is 0 Å². The third kappa shape index (κ3) is 3.45. The second-order valence-electron chi connectivity index (χ2n) is 5.73. The molecule has 4 nitrogen and oxygen atoms in total. The minimum absolute atomic E-state index is 0.346. The maximum Gasteiger partial charge on any atom is 0.222 e. The van der Waals surface area contributed by atoms with E-state index in [0.29, 0.717) is 17.9 Å². The summed E-state index contributed by atoms with van der Waals surface area (Å²) in [5, 5.41) is 3.33. The highest BCUT2D eigenvalue weighted by Crippen LogP contribution is 2.19. The van der Waals surface area contributed by atoms with Crippen LogP contribution < -0.4 is 5.32 Å². The van der Waals surface area contributed by atoms with E-state index in [1.165, 1.54) is 0 Å². The lowest BCUT2D eigenvalue weighted by Crippen LogP contribution is -2.45. The van der Waals surface area contributed by atoms with Gasteiger partial charge in [-0.1, -0.05) is 6.92 Å². The van der Waals surface area contributed by atoms with Crippen molar-refractivity contribution in [3.63, 3.8) is 0 Å². The molecule has 0 radical (unpaired) electrons. The first-order chi connectivity index (χ1) is 8.70. The second-order valence-corrected chi connectivity index (χ2v) is 5.73. The van der Waals surface area contributed by atoms with Crippen LogP contribution >= 0.6 is 0 Å². The van der Waals surface area contributed by atoms with Crippen LogP contribution in [-0.4, -0.2) is 61.5 Å². The third-order valence-electron chi connectivity index (χ3n) is 4.57.